The fourth-order valence-electron chi connectivity index (χ4n) is 1.32. The number of rotatable bonds is 4. The zero-order valence-electron chi connectivity index (χ0n) is 9.10. The molecule has 3 N–H and O–H groups in total. The maximum atomic E-state index is 5.56. The Hall–Kier alpha value is -1.46. The summed E-state index contributed by atoms with van der Waals surface area (Å²) in [5.41, 5.74) is 7.24. The van der Waals surface area contributed by atoms with E-state index in [4.69, 9.17) is 5.73 Å². The number of hydrogen-bond donors (Lipinski definition) is 2. The van der Waals surface area contributed by atoms with Crippen molar-refractivity contribution in [2.24, 2.45) is 0 Å². The van der Waals surface area contributed by atoms with E-state index in [1.54, 1.807) is 17.5 Å². The summed E-state index contributed by atoms with van der Waals surface area (Å²) in [5.74, 6) is 0. The van der Waals surface area contributed by atoms with Gasteiger partial charge in [0.25, 0.3) is 0 Å². The molecule has 16 heavy (non-hydrogen) atoms. The van der Waals surface area contributed by atoms with Crippen molar-refractivity contribution in [1.82, 2.24) is 15.3 Å². The average molecular weight is 234 g/mol. The first-order valence-corrected chi connectivity index (χ1v) is 5.88. The lowest BCUT2D eigenvalue weighted by Gasteiger charge is -2.02. The van der Waals surface area contributed by atoms with Crippen molar-refractivity contribution in [2.45, 2.75) is 20.0 Å². The molecule has 0 saturated heterocycles. The van der Waals surface area contributed by atoms with Crippen LogP contribution in [0.4, 0.5) is 5.69 Å². The fraction of sp³-hybridized carbons (Fsp3) is 0.273. The highest BCUT2D eigenvalue weighted by Crippen LogP contribution is 2.10. The minimum absolute atomic E-state index is 0.694. The number of hydrogen-bond acceptors (Lipinski definition) is 5. The summed E-state index contributed by atoms with van der Waals surface area (Å²) in [7, 11) is 0. The van der Waals surface area contributed by atoms with E-state index in [1.165, 1.54) is 4.88 Å². The number of thiazole rings is 1. The normalized spacial score (nSPS) is 10.6. The molecule has 2 heterocycles. The molecule has 0 aromatic carbocycles. The lowest BCUT2D eigenvalue weighted by molar-refractivity contribution is 0.677. The molecule has 0 aliphatic heterocycles. The van der Waals surface area contributed by atoms with E-state index in [1.807, 2.05) is 18.3 Å². The summed E-state index contributed by atoms with van der Waals surface area (Å²) in [6.45, 7) is 3.58. The Balaban J connectivity index is 1.82. The van der Waals surface area contributed by atoms with E-state index in [9.17, 15) is 0 Å². The molecular formula is C11H14N4S. The molecule has 0 amide bonds. The number of nitrogens with zero attached hydrogens (tertiary/aromatic N) is 2. The highest BCUT2D eigenvalue weighted by atomic mass is 32.1. The predicted molar refractivity (Wildman–Crippen MR) is 66.0 cm³/mol. The van der Waals surface area contributed by atoms with Gasteiger partial charge >= 0.3 is 0 Å². The number of nitrogens with one attached hydrogen (secondary N) is 1. The van der Waals surface area contributed by atoms with Crippen LogP contribution in [0.25, 0.3) is 0 Å². The third-order valence-electron chi connectivity index (χ3n) is 2.10. The van der Waals surface area contributed by atoms with E-state index in [0.29, 0.717) is 5.69 Å². The van der Waals surface area contributed by atoms with Gasteiger partial charge in [-0.2, -0.15) is 0 Å². The summed E-state index contributed by atoms with van der Waals surface area (Å²) < 4.78 is 0. The topological polar surface area (TPSA) is 63.8 Å². The second kappa shape index (κ2) is 5.05. The van der Waals surface area contributed by atoms with E-state index < -0.39 is 0 Å². The Morgan fingerprint density at radius 1 is 1.25 bits per heavy atom. The van der Waals surface area contributed by atoms with E-state index in [-0.39, 0.29) is 0 Å². The van der Waals surface area contributed by atoms with Crippen molar-refractivity contribution in [1.29, 1.82) is 0 Å². The number of pyridine rings is 1. The first-order valence-electron chi connectivity index (χ1n) is 5.06. The van der Waals surface area contributed by atoms with Gasteiger partial charge in [-0.15, -0.1) is 11.3 Å². The first kappa shape index (κ1) is 11.0. The molecule has 0 fully saturated rings. The Bertz CT molecular complexity index is 449. The molecule has 0 aliphatic carbocycles. The average Bonchev–Trinajstić information content (AvgIpc) is 2.67. The van der Waals surface area contributed by atoms with Gasteiger partial charge in [0.05, 0.1) is 17.6 Å². The number of nitrogens with two attached hydrogens (primary N) is 1. The number of aryl methyl sites for hydroxylation is 1. The van der Waals surface area contributed by atoms with Gasteiger partial charge in [0, 0.05) is 24.2 Å². The largest absolute Gasteiger partial charge is 0.397 e. The standard InChI is InChI=1S/C11H14N4S/c1-8-4-15-11(16-8)7-13-6-10-3-2-9(12)5-14-10/h2-5,13H,6-7,12H2,1H3. The quantitative estimate of drug-likeness (QED) is 0.845. The van der Waals surface area contributed by atoms with E-state index in [0.717, 1.165) is 23.8 Å². The molecule has 0 radical (unpaired) electrons. The van der Waals surface area contributed by atoms with Gasteiger partial charge in [-0.25, -0.2) is 4.98 Å². The molecule has 0 saturated carbocycles. The maximum Gasteiger partial charge on any atom is 0.107 e. The van der Waals surface area contributed by atoms with Crippen LogP contribution in [0.1, 0.15) is 15.6 Å². The molecule has 84 valence electrons. The summed E-state index contributed by atoms with van der Waals surface area (Å²) >= 11 is 1.71. The lowest BCUT2D eigenvalue weighted by atomic mass is 10.3. The molecule has 0 unspecified atom stereocenters. The van der Waals surface area contributed by atoms with Gasteiger partial charge in [0.15, 0.2) is 0 Å². The minimum atomic E-state index is 0.694. The van der Waals surface area contributed by atoms with Crippen molar-refractivity contribution in [3.8, 4) is 0 Å². The van der Waals surface area contributed by atoms with Crippen LogP contribution in [0.5, 0.6) is 0 Å². The summed E-state index contributed by atoms with van der Waals surface area (Å²) in [6, 6.07) is 3.78. The molecule has 2 aromatic heterocycles. The highest BCUT2D eigenvalue weighted by Gasteiger charge is 1.98. The van der Waals surface area contributed by atoms with E-state index >= 15 is 0 Å². The van der Waals surface area contributed by atoms with E-state index in [2.05, 4.69) is 22.2 Å². The van der Waals surface area contributed by atoms with Gasteiger partial charge in [-0.1, -0.05) is 0 Å². The Morgan fingerprint density at radius 3 is 2.75 bits per heavy atom. The molecule has 0 atom stereocenters. The second-order valence-electron chi connectivity index (χ2n) is 3.55. The molecule has 5 heteroatoms. The monoisotopic (exact) mass is 234 g/mol. The van der Waals surface area contributed by atoms with Crippen LogP contribution in [0, 0.1) is 6.92 Å². The molecular weight excluding hydrogens is 220 g/mol. The Kier molecular flexibility index (Phi) is 3.48. The van der Waals surface area contributed by atoms with Gasteiger partial charge in [-0.05, 0) is 19.1 Å². The van der Waals surface area contributed by atoms with Crippen LogP contribution in [0.2, 0.25) is 0 Å². The third kappa shape index (κ3) is 3.01. The Labute approximate surface area is 98.6 Å². The predicted octanol–water partition coefficient (Wildman–Crippen LogP) is 1.72. The summed E-state index contributed by atoms with van der Waals surface area (Å²) in [4.78, 5) is 9.73. The van der Waals surface area contributed by atoms with Gasteiger partial charge in [0.2, 0.25) is 0 Å². The first-order chi connectivity index (χ1) is 7.74. The number of aromatic nitrogens is 2. The van der Waals surface area contributed by atoms with Crippen LogP contribution in [0.3, 0.4) is 0 Å². The van der Waals surface area contributed by atoms with Crippen LogP contribution >= 0.6 is 11.3 Å². The zero-order valence-corrected chi connectivity index (χ0v) is 9.92. The molecule has 2 aromatic rings. The van der Waals surface area contributed by atoms with Crippen LogP contribution < -0.4 is 11.1 Å². The van der Waals surface area contributed by atoms with Crippen LogP contribution in [-0.2, 0) is 13.1 Å². The number of nitrogen functional groups attached to an aromatic ring is 1. The zero-order chi connectivity index (χ0) is 11.4. The van der Waals surface area contributed by atoms with Crippen molar-refractivity contribution < 1.29 is 0 Å². The van der Waals surface area contributed by atoms with Gasteiger partial charge in [-0.3, -0.25) is 4.98 Å². The van der Waals surface area contributed by atoms with Crippen molar-refractivity contribution in [2.75, 3.05) is 5.73 Å². The van der Waals surface area contributed by atoms with Gasteiger partial charge < -0.3 is 11.1 Å². The second-order valence-corrected chi connectivity index (χ2v) is 4.87. The van der Waals surface area contributed by atoms with Crippen molar-refractivity contribution in [3.63, 3.8) is 0 Å². The molecule has 2 rings (SSSR count). The molecule has 0 spiro atoms. The molecule has 0 aliphatic rings. The SMILES string of the molecule is Cc1cnc(CNCc2ccc(N)cn2)s1. The maximum absolute atomic E-state index is 5.56. The smallest absolute Gasteiger partial charge is 0.107 e. The Morgan fingerprint density at radius 2 is 2.12 bits per heavy atom. The summed E-state index contributed by atoms with van der Waals surface area (Å²) in [6.07, 6.45) is 3.56. The summed E-state index contributed by atoms with van der Waals surface area (Å²) in [5, 5.41) is 4.40. The number of anilines is 1. The van der Waals surface area contributed by atoms with Gasteiger partial charge in [0.1, 0.15) is 5.01 Å². The van der Waals surface area contributed by atoms with Crippen molar-refractivity contribution >= 4 is 17.0 Å². The molecule has 0 bridgehead atoms. The lowest BCUT2D eigenvalue weighted by Crippen LogP contribution is -2.13. The van der Waals surface area contributed by atoms with Crippen molar-refractivity contribution in [3.05, 3.63) is 40.1 Å². The fourth-order valence-corrected chi connectivity index (χ4v) is 2.08. The third-order valence-corrected chi connectivity index (χ3v) is 3.01. The highest BCUT2D eigenvalue weighted by molar-refractivity contribution is 7.11. The minimum Gasteiger partial charge on any atom is -0.397 e. The van der Waals surface area contributed by atoms with Crippen LogP contribution in [0.15, 0.2) is 24.5 Å². The molecule has 4 nitrogen and oxygen atoms in total. The van der Waals surface area contributed by atoms with Crippen LogP contribution in [-0.4, -0.2) is 9.97 Å².